The van der Waals surface area contributed by atoms with Gasteiger partial charge < -0.3 is 9.64 Å². The highest BCUT2D eigenvalue weighted by Crippen LogP contribution is 2.18. The number of pyridine rings is 1. The maximum atomic E-state index is 5.44. The van der Waals surface area contributed by atoms with Crippen LogP contribution in [0, 0.1) is 0 Å². The molecule has 16 heavy (non-hydrogen) atoms. The largest absolute Gasteiger partial charge is 0.368 e. The van der Waals surface area contributed by atoms with Gasteiger partial charge in [0, 0.05) is 26.4 Å². The highest BCUT2D eigenvalue weighted by Gasteiger charge is 2.20. The first-order valence-electron chi connectivity index (χ1n) is 5.47. The van der Waals surface area contributed by atoms with Crippen molar-refractivity contribution in [2.45, 2.75) is 20.0 Å². The van der Waals surface area contributed by atoms with Crippen molar-refractivity contribution in [3.8, 4) is 0 Å². The summed E-state index contributed by atoms with van der Waals surface area (Å²) in [6.45, 7) is 5.95. The van der Waals surface area contributed by atoms with E-state index in [0.717, 1.165) is 23.8 Å². The van der Waals surface area contributed by atoms with Crippen molar-refractivity contribution < 1.29 is 4.74 Å². The summed E-state index contributed by atoms with van der Waals surface area (Å²) in [4.78, 5) is 7.19. The lowest BCUT2D eigenvalue weighted by Gasteiger charge is -2.26. The van der Waals surface area contributed by atoms with E-state index >= 15 is 0 Å². The lowest BCUT2D eigenvalue weighted by molar-refractivity contribution is 0.145. The summed E-state index contributed by atoms with van der Waals surface area (Å²) in [5.74, 6) is 0. The van der Waals surface area contributed by atoms with Gasteiger partial charge in [-0.05, 0) is 26.0 Å². The molecule has 0 aliphatic rings. The summed E-state index contributed by atoms with van der Waals surface area (Å²) < 4.78 is 5.44. The first-order valence-corrected chi connectivity index (χ1v) is 5.87. The highest BCUT2D eigenvalue weighted by molar-refractivity contribution is 7.80. The molecule has 1 unspecified atom stereocenters. The summed E-state index contributed by atoms with van der Waals surface area (Å²) in [5.41, 5.74) is 0.863. The minimum absolute atomic E-state index is 0.226. The fourth-order valence-electron chi connectivity index (χ4n) is 1.58. The number of hydrogen-bond acceptors (Lipinski definition) is 3. The minimum Gasteiger partial charge on any atom is -0.368 e. The smallest absolute Gasteiger partial charge is 0.149 e. The molecule has 0 bridgehead atoms. The van der Waals surface area contributed by atoms with Crippen molar-refractivity contribution >= 4 is 17.2 Å². The molecule has 0 aromatic carbocycles. The molecular formula is C12H18N2OS. The monoisotopic (exact) mass is 238 g/mol. The molecule has 0 saturated carbocycles. The topological polar surface area (TPSA) is 25.4 Å². The van der Waals surface area contributed by atoms with Crippen LogP contribution < -0.4 is 0 Å². The molecule has 0 amide bonds. The second-order valence-electron chi connectivity index (χ2n) is 3.38. The lowest BCUT2D eigenvalue weighted by Crippen LogP contribution is -2.34. The van der Waals surface area contributed by atoms with Crippen LogP contribution in [0.2, 0.25) is 0 Å². The van der Waals surface area contributed by atoms with Gasteiger partial charge in [-0.25, -0.2) is 0 Å². The molecule has 3 nitrogen and oxygen atoms in total. The third kappa shape index (κ3) is 3.00. The van der Waals surface area contributed by atoms with E-state index in [0.29, 0.717) is 0 Å². The van der Waals surface area contributed by atoms with Gasteiger partial charge >= 0.3 is 0 Å². The number of thiocarbonyl (C=S) groups is 1. The summed E-state index contributed by atoms with van der Waals surface area (Å²) in [5, 5.41) is 0. The molecule has 88 valence electrons. The SMILES string of the molecule is CCN(CC)C(=S)C(OC)c1ccccn1. The van der Waals surface area contributed by atoms with Crippen LogP contribution in [0.25, 0.3) is 0 Å². The van der Waals surface area contributed by atoms with Crippen molar-refractivity contribution in [1.82, 2.24) is 9.88 Å². The van der Waals surface area contributed by atoms with Crippen LogP contribution >= 0.6 is 12.2 Å². The van der Waals surface area contributed by atoms with Crippen LogP contribution in [-0.2, 0) is 4.74 Å². The van der Waals surface area contributed by atoms with E-state index in [2.05, 4.69) is 23.7 Å². The van der Waals surface area contributed by atoms with Crippen molar-refractivity contribution in [3.05, 3.63) is 30.1 Å². The van der Waals surface area contributed by atoms with Crippen LogP contribution in [0.15, 0.2) is 24.4 Å². The van der Waals surface area contributed by atoms with Gasteiger partial charge in [-0.15, -0.1) is 0 Å². The predicted octanol–water partition coefficient (Wildman–Crippen LogP) is 2.44. The summed E-state index contributed by atoms with van der Waals surface area (Å²) in [7, 11) is 1.66. The fourth-order valence-corrected chi connectivity index (χ4v) is 2.06. The molecule has 1 aromatic heterocycles. The van der Waals surface area contributed by atoms with Gasteiger partial charge in [0.25, 0.3) is 0 Å². The Morgan fingerprint density at radius 3 is 2.56 bits per heavy atom. The average Bonchev–Trinajstić information content (AvgIpc) is 2.33. The van der Waals surface area contributed by atoms with Crippen LogP contribution in [-0.4, -0.2) is 35.1 Å². The molecule has 0 aliphatic carbocycles. The number of hydrogen-bond donors (Lipinski definition) is 0. The van der Waals surface area contributed by atoms with Crippen LogP contribution in [0.1, 0.15) is 25.6 Å². The second-order valence-corrected chi connectivity index (χ2v) is 3.80. The number of nitrogens with zero attached hydrogens (tertiary/aromatic N) is 2. The van der Waals surface area contributed by atoms with Gasteiger partial charge in [0.05, 0.1) is 5.69 Å². The normalized spacial score (nSPS) is 12.2. The fraction of sp³-hybridized carbons (Fsp3) is 0.500. The van der Waals surface area contributed by atoms with E-state index in [1.807, 2.05) is 18.2 Å². The zero-order chi connectivity index (χ0) is 12.0. The van der Waals surface area contributed by atoms with Crippen molar-refractivity contribution in [1.29, 1.82) is 0 Å². The predicted molar refractivity (Wildman–Crippen MR) is 69.5 cm³/mol. The zero-order valence-electron chi connectivity index (χ0n) is 10.0. The Bertz CT molecular complexity index is 325. The maximum Gasteiger partial charge on any atom is 0.149 e. The molecule has 0 N–H and O–H groups in total. The molecule has 0 saturated heterocycles. The number of ether oxygens (including phenoxy) is 1. The Morgan fingerprint density at radius 2 is 2.12 bits per heavy atom. The molecule has 1 rings (SSSR count). The number of rotatable bonds is 5. The molecule has 0 aliphatic heterocycles. The van der Waals surface area contributed by atoms with Crippen molar-refractivity contribution in [2.24, 2.45) is 0 Å². The Kier molecular flexibility index (Phi) is 5.35. The standard InChI is InChI=1S/C12H18N2OS/c1-4-14(5-2)12(16)11(15-3)10-8-6-7-9-13-10/h6-9,11H,4-5H2,1-3H3. The number of methoxy groups -OCH3 is 1. The first kappa shape index (κ1) is 13.1. The first-order chi connectivity index (χ1) is 7.74. The Hall–Kier alpha value is -1.00. The van der Waals surface area contributed by atoms with E-state index in [4.69, 9.17) is 17.0 Å². The van der Waals surface area contributed by atoms with E-state index < -0.39 is 0 Å². The Balaban J connectivity index is 2.86. The maximum absolute atomic E-state index is 5.44. The number of likely N-dealkylation sites (N-methyl/N-ethyl adjacent to an activating group) is 1. The van der Waals surface area contributed by atoms with Crippen LogP contribution in [0.3, 0.4) is 0 Å². The molecule has 1 atom stereocenters. The summed E-state index contributed by atoms with van der Waals surface area (Å²) in [6, 6.07) is 5.76. The molecular weight excluding hydrogens is 220 g/mol. The van der Waals surface area contributed by atoms with Gasteiger partial charge in [-0.1, -0.05) is 18.3 Å². The zero-order valence-corrected chi connectivity index (χ0v) is 10.8. The van der Waals surface area contributed by atoms with Crippen molar-refractivity contribution in [3.63, 3.8) is 0 Å². The molecule has 0 radical (unpaired) electrons. The van der Waals surface area contributed by atoms with E-state index in [-0.39, 0.29) is 6.10 Å². The third-order valence-corrected chi connectivity index (χ3v) is 2.96. The summed E-state index contributed by atoms with van der Waals surface area (Å²) in [6.07, 6.45) is 1.53. The number of aromatic nitrogens is 1. The van der Waals surface area contributed by atoms with E-state index in [1.165, 1.54) is 0 Å². The third-order valence-electron chi connectivity index (χ3n) is 2.49. The molecule has 1 heterocycles. The van der Waals surface area contributed by atoms with Crippen molar-refractivity contribution in [2.75, 3.05) is 20.2 Å². The van der Waals surface area contributed by atoms with Gasteiger partial charge in [-0.3, -0.25) is 4.98 Å². The quantitative estimate of drug-likeness (QED) is 0.736. The van der Waals surface area contributed by atoms with Gasteiger partial charge in [0.15, 0.2) is 0 Å². The molecule has 0 fully saturated rings. The Labute approximate surface area is 102 Å². The molecule has 4 heteroatoms. The molecule has 0 spiro atoms. The minimum atomic E-state index is -0.226. The van der Waals surface area contributed by atoms with E-state index in [9.17, 15) is 0 Å². The highest BCUT2D eigenvalue weighted by atomic mass is 32.1. The lowest BCUT2D eigenvalue weighted by atomic mass is 10.2. The summed E-state index contributed by atoms with van der Waals surface area (Å²) >= 11 is 5.44. The van der Waals surface area contributed by atoms with Gasteiger partial charge in [0.2, 0.25) is 0 Å². The molecule has 1 aromatic rings. The Morgan fingerprint density at radius 1 is 1.44 bits per heavy atom. The second kappa shape index (κ2) is 6.55. The van der Waals surface area contributed by atoms with Crippen LogP contribution in [0.4, 0.5) is 0 Å². The van der Waals surface area contributed by atoms with Gasteiger partial charge in [-0.2, -0.15) is 0 Å². The van der Waals surface area contributed by atoms with Crippen LogP contribution in [0.5, 0.6) is 0 Å². The van der Waals surface area contributed by atoms with E-state index in [1.54, 1.807) is 13.3 Å². The van der Waals surface area contributed by atoms with Gasteiger partial charge in [0.1, 0.15) is 11.1 Å². The average molecular weight is 238 g/mol.